The van der Waals surface area contributed by atoms with Crippen LogP contribution in [0.1, 0.15) is 15.9 Å². The van der Waals surface area contributed by atoms with Crippen molar-refractivity contribution in [3.05, 3.63) is 29.3 Å². The first kappa shape index (κ1) is 11.4. The topological polar surface area (TPSA) is 49.4 Å². The highest BCUT2D eigenvalue weighted by Gasteiger charge is 2.10. The van der Waals surface area contributed by atoms with Gasteiger partial charge in [0.1, 0.15) is 12.4 Å². The van der Waals surface area contributed by atoms with Gasteiger partial charge in [-0.1, -0.05) is 12.1 Å². The summed E-state index contributed by atoms with van der Waals surface area (Å²) in [5.41, 5.74) is 0.271. The van der Waals surface area contributed by atoms with E-state index in [9.17, 15) is 18.7 Å². The molecule has 0 aliphatic carbocycles. The van der Waals surface area contributed by atoms with Crippen molar-refractivity contribution in [1.29, 1.82) is 0 Å². The van der Waals surface area contributed by atoms with E-state index in [4.69, 9.17) is 4.74 Å². The molecule has 0 spiro atoms. The van der Waals surface area contributed by atoms with Crippen LogP contribution < -0.4 is 9.84 Å². The maximum atomic E-state index is 11.9. The number of aromatic carboxylic acids is 1. The Hall–Kier alpha value is -1.65. The number of carbonyl (C=O) groups is 1. The fraction of sp³-hybridized carbons (Fsp3) is 0.300. The Morgan fingerprint density at radius 1 is 1.53 bits per heavy atom. The summed E-state index contributed by atoms with van der Waals surface area (Å²) in [6, 6.07) is 4.33. The van der Waals surface area contributed by atoms with Gasteiger partial charge in [0.25, 0.3) is 6.43 Å². The van der Waals surface area contributed by atoms with Crippen molar-refractivity contribution in [1.82, 2.24) is 0 Å². The average Bonchev–Trinajstić information content (AvgIpc) is 2.15. The summed E-state index contributed by atoms with van der Waals surface area (Å²) in [5.74, 6) is -1.50. The first-order valence-electron chi connectivity index (χ1n) is 4.24. The van der Waals surface area contributed by atoms with Crippen LogP contribution in [0.2, 0.25) is 0 Å². The molecule has 1 aromatic rings. The predicted molar refractivity (Wildman–Crippen MR) is 47.0 cm³/mol. The SMILES string of the molecule is Cc1cccc(C(=O)[O-])c1OCC(F)F. The molecule has 0 N–H and O–H groups in total. The lowest BCUT2D eigenvalue weighted by Crippen LogP contribution is -2.24. The summed E-state index contributed by atoms with van der Waals surface area (Å²) in [4.78, 5) is 10.6. The summed E-state index contributed by atoms with van der Waals surface area (Å²) < 4.78 is 28.5. The molecule has 15 heavy (non-hydrogen) atoms. The lowest BCUT2D eigenvalue weighted by Gasteiger charge is -2.14. The normalized spacial score (nSPS) is 10.4. The van der Waals surface area contributed by atoms with Gasteiger partial charge in [0.05, 0.1) is 5.97 Å². The number of para-hydroxylation sites is 1. The van der Waals surface area contributed by atoms with Crippen LogP contribution in [0, 0.1) is 6.92 Å². The number of aryl methyl sites for hydroxylation is 1. The molecular weight excluding hydrogens is 206 g/mol. The van der Waals surface area contributed by atoms with Gasteiger partial charge in [-0.3, -0.25) is 0 Å². The summed E-state index contributed by atoms with van der Waals surface area (Å²) in [6.07, 6.45) is -2.64. The number of alkyl halides is 2. The molecule has 0 saturated carbocycles. The Morgan fingerprint density at radius 3 is 2.73 bits per heavy atom. The van der Waals surface area contributed by atoms with E-state index in [0.29, 0.717) is 5.56 Å². The number of rotatable bonds is 4. The minimum absolute atomic E-state index is 0.0576. The molecule has 0 unspecified atom stereocenters. The molecule has 0 heterocycles. The van der Waals surface area contributed by atoms with E-state index < -0.39 is 19.0 Å². The standard InChI is InChI=1S/C10H10F2O3/c1-6-3-2-4-7(10(13)14)9(6)15-5-8(11)12/h2-4,8H,5H2,1H3,(H,13,14)/p-1. The molecule has 82 valence electrons. The van der Waals surface area contributed by atoms with Gasteiger partial charge in [0.15, 0.2) is 0 Å². The van der Waals surface area contributed by atoms with Gasteiger partial charge >= 0.3 is 0 Å². The van der Waals surface area contributed by atoms with Crippen LogP contribution >= 0.6 is 0 Å². The summed E-state index contributed by atoms with van der Waals surface area (Å²) >= 11 is 0. The quantitative estimate of drug-likeness (QED) is 0.752. The Morgan fingerprint density at radius 2 is 2.20 bits per heavy atom. The van der Waals surface area contributed by atoms with Crippen molar-refractivity contribution < 1.29 is 23.4 Å². The van der Waals surface area contributed by atoms with Crippen LogP contribution in [0.4, 0.5) is 8.78 Å². The number of carboxylic acid groups (broad SMARTS) is 1. The van der Waals surface area contributed by atoms with Crippen LogP contribution in [-0.2, 0) is 0 Å². The van der Waals surface area contributed by atoms with E-state index in [1.807, 2.05) is 0 Å². The second kappa shape index (κ2) is 4.72. The molecule has 0 aliphatic rings. The van der Waals surface area contributed by atoms with Gasteiger partial charge in [0.2, 0.25) is 0 Å². The minimum atomic E-state index is -2.64. The van der Waals surface area contributed by atoms with Crippen molar-refractivity contribution in [3.8, 4) is 5.75 Å². The largest absolute Gasteiger partial charge is 0.545 e. The van der Waals surface area contributed by atoms with E-state index in [1.165, 1.54) is 12.1 Å². The predicted octanol–water partition coefficient (Wildman–Crippen LogP) is 1.00. The van der Waals surface area contributed by atoms with Crippen LogP contribution in [0.3, 0.4) is 0 Å². The zero-order valence-corrected chi connectivity index (χ0v) is 8.00. The molecule has 5 heteroatoms. The first-order valence-corrected chi connectivity index (χ1v) is 4.24. The van der Waals surface area contributed by atoms with Gasteiger partial charge in [0, 0.05) is 5.56 Å². The van der Waals surface area contributed by atoms with E-state index >= 15 is 0 Å². The number of carboxylic acids is 1. The number of benzene rings is 1. The van der Waals surface area contributed by atoms with E-state index in [0.717, 1.165) is 0 Å². The van der Waals surface area contributed by atoms with Crippen molar-refractivity contribution in [2.45, 2.75) is 13.3 Å². The van der Waals surface area contributed by atoms with Gasteiger partial charge in [-0.05, 0) is 18.6 Å². The molecule has 0 atom stereocenters. The lowest BCUT2D eigenvalue weighted by molar-refractivity contribution is -0.255. The maximum Gasteiger partial charge on any atom is 0.272 e. The fourth-order valence-corrected chi connectivity index (χ4v) is 1.15. The Bertz CT molecular complexity index is 364. The molecule has 0 aliphatic heterocycles. The molecule has 0 amide bonds. The minimum Gasteiger partial charge on any atom is -0.545 e. The second-order valence-corrected chi connectivity index (χ2v) is 2.94. The number of halogens is 2. The Kier molecular flexibility index (Phi) is 3.60. The van der Waals surface area contributed by atoms with Crippen molar-refractivity contribution in [3.63, 3.8) is 0 Å². The number of hydrogen-bond donors (Lipinski definition) is 0. The monoisotopic (exact) mass is 215 g/mol. The average molecular weight is 215 g/mol. The fourth-order valence-electron chi connectivity index (χ4n) is 1.15. The van der Waals surface area contributed by atoms with E-state index in [1.54, 1.807) is 13.0 Å². The Labute approximate surface area is 85.3 Å². The zero-order valence-electron chi connectivity index (χ0n) is 8.00. The molecule has 0 bridgehead atoms. The second-order valence-electron chi connectivity index (χ2n) is 2.94. The first-order chi connectivity index (χ1) is 7.02. The number of carbonyl (C=O) groups excluding carboxylic acids is 1. The highest BCUT2D eigenvalue weighted by atomic mass is 19.3. The van der Waals surface area contributed by atoms with Gasteiger partial charge in [-0.15, -0.1) is 0 Å². The van der Waals surface area contributed by atoms with Crippen LogP contribution in [0.5, 0.6) is 5.75 Å². The molecule has 0 radical (unpaired) electrons. The van der Waals surface area contributed by atoms with E-state index in [2.05, 4.69) is 0 Å². The smallest absolute Gasteiger partial charge is 0.272 e. The molecule has 0 aromatic heterocycles. The molecule has 3 nitrogen and oxygen atoms in total. The van der Waals surface area contributed by atoms with Crippen molar-refractivity contribution >= 4 is 5.97 Å². The third-order valence-corrected chi connectivity index (χ3v) is 1.79. The molecule has 0 fully saturated rings. The molecule has 1 rings (SSSR count). The molecular formula is C10H9F2O3-. The highest BCUT2D eigenvalue weighted by Crippen LogP contribution is 2.23. The van der Waals surface area contributed by atoms with Gasteiger partial charge < -0.3 is 14.6 Å². The van der Waals surface area contributed by atoms with Crippen molar-refractivity contribution in [2.75, 3.05) is 6.61 Å². The van der Waals surface area contributed by atoms with Gasteiger partial charge in [-0.25, -0.2) is 8.78 Å². The van der Waals surface area contributed by atoms with Crippen LogP contribution in [0.25, 0.3) is 0 Å². The van der Waals surface area contributed by atoms with Crippen LogP contribution in [-0.4, -0.2) is 19.0 Å². The summed E-state index contributed by atoms with van der Waals surface area (Å²) in [6.45, 7) is 0.748. The number of ether oxygens (including phenoxy) is 1. The molecule has 0 saturated heterocycles. The maximum absolute atomic E-state index is 11.9. The Balaban J connectivity index is 2.97. The molecule has 1 aromatic carbocycles. The lowest BCUT2D eigenvalue weighted by atomic mass is 10.1. The highest BCUT2D eigenvalue weighted by molar-refractivity contribution is 5.89. The van der Waals surface area contributed by atoms with Crippen LogP contribution in [0.15, 0.2) is 18.2 Å². The third-order valence-electron chi connectivity index (χ3n) is 1.79. The van der Waals surface area contributed by atoms with E-state index in [-0.39, 0.29) is 11.3 Å². The summed E-state index contributed by atoms with van der Waals surface area (Å²) in [7, 11) is 0. The van der Waals surface area contributed by atoms with Gasteiger partial charge in [-0.2, -0.15) is 0 Å². The summed E-state index contributed by atoms with van der Waals surface area (Å²) in [5, 5.41) is 10.6. The van der Waals surface area contributed by atoms with Crippen molar-refractivity contribution in [2.24, 2.45) is 0 Å². The zero-order chi connectivity index (χ0) is 11.4. The number of hydrogen-bond acceptors (Lipinski definition) is 3. The third kappa shape index (κ3) is 2.90.